The number of thiophene rings is 1. The number of carbonyl (C=O) groups is 1. The maximum atomic E-state index is 13.5. The van der Waals surface area contributed by atoms with Crippen molar-refractivity contribution in [2.75, 3.05) is 14.2 Å². The van der Waals surface area contributed by atoms with Crippen LogP contribution in [-0.2, 0) is 6.54 Å². The number of hydrogen-bond acceptors (Lipinski definition) is 4. The van der Waals surface area contributed by atoms with Gasteiger partial charge in [0, 0.05) is 16.3 Å². The minimum atomic E-state index is -0.292. The third-order valence-corrected chi connectivity index (χ3v) is 5.87. The van der Waals surface area contributed by atoms with E-state index in [-0.39, 0.29) is 17.8 Å². The first-order valence-corrected chi connectivity index (χ1v) is 9.61. The van der Waals surface area contributed by atoms with Crippen LogP contribution in [-0.4, -0.2) is 31.1 Å². The molecule has 1 aliphatic rings. The minimum Gasteiger partial charge on any atom is -0.497 e. The Balaban J connectivity index is 1.65. The first-order valence-electron chi connectivity index (χ1n) is 8.80. The number of halogens is 1. The van der Waals surface area contributed by atoms with Gasteiger partial charge in [-0.05, 0) is 60.7 Å². The molecule has 140 valence electrons. The van der Waals surface area contributed by atoms with Crippen LogP contribution < -0.4 is 9.47 Å². The number of rotatable bonds is 6. The lowest BCUT2D eigenvalue weighted by atomic mass is 10.1. The molecule has 1 fully saturated rings. The molecule has 0 radical (unpaired) electrons. The van der Waals surface area contributed by atoms with Gasteiger partial charge in [-0.3, -0.25) is 4.79 Å². The summed E-state index contributed by atoms with van der Waals surface area (Å²) in [6, 6.07) is 12.2. The predicted octanol–water partition coefficient (Wildman–Crippen LogP) is 4.86. The molecule has 3 aromatic rings. The van der Waals surface area contributed by atoms with Gasteiger partial charge in [0.25, 0.3) is 5.91 Å². The largest absolute Gasteiger partial charge is 0.497 e. The zero-order valence-corrected chi connectivity index (χ0v) is 16.0. The molecule has 1 aromatic heterocycles. The van der Waals surface area contributed by atoms with Crippen LogP contribution in [0.5, 0.6) is 11.5 Å². The highest BCUT2D eigenvalue weighted by atomic mass is 32.1. The second-order valence-corrected chi connectivity index (χ2v) is 7.72. The van der Waals surface area contributed by atoms with Crippen molar-refractivity contribution in [3.63, 3.8) is 0 Å². The Bertz CT molecular complexity index is 996. The Hall–Kier alpha value is -2.60. The van der Waals surface area contributed by atoms with E-state index in [0.29, 0.717) is 11.4 Å². The number of nitrogens with zero attached hydrogens (tertiary/aromatic N) is 1. The average Bonchev–Trinajstić information content (AvgIpc) is 3.43. The van der Waals surface area contributed by atoms with Gasteiger partial charge in [-0.1, -0.05) is 0 Å². The molecule has 0 N–H and O–H groups in total. The first-order chi connectivity index (χ1) is 13.1. The fraction of sp³-hybridized carbons (Fsp3) is 0.286. The number of fused-ring (bicyclic) bond motifs is 1. The molecule has 1 amide bonds. The summed E-state index contributed by atoms with van der Waals surface area (Å²) >= 11 is 1.40. The molecule has 0 spiro atoms. The van der Waals surface area contributed by atoms with E-state index in [1.54, 1.807) is 26.4 Å². The first kappa shape index (κ1) is 17.8. The maximum Gasteiger partial charge on any atom is 0.264 e. The quantitative estimate of drug-likeness (QED) is 0.608. The van der Waals surface area contributed by atoms with Gasteiger partial charge < -0.3 is 14.4 Å². The number of carbonyl (C=O) groups excluding carboxylic acids is 1. The van der Waals surface area contributed by atoms with Crippen molar-refractivity contribution >= 4 is 27.3 Å². The second-order valence-electron chi connectivity index (χ2n) is 6.63. The van der Waals surface area contributed by atoms with Crippen LogP contribution in [0.1, 0.15) is 28.1 Å². The van der Waals surface area contributed by atoms with Crippen molar-refractivity contribution in [2.24, 2.45) is 0 Å². The summed E-state index contributed by atoms with van der Waals surface area (Å²) in [5.41, 5.74) is 0.907. The monoisotopic (exact) mass is 385 g/mol. The van der Waals surface area contributed by atoms with Crippen LogP contribution in [0, 0.1) is 5.82 Å². The molecule has 1 saturated carbocycles. The highest BCUT2D eigenvalue weighted by molar-refractivity contribution is 7.20. The molecule has 0 saturated heterocycles. The molecule has 1 aliphatic carbocycles. The molecule has 0 bridgehead atoms. The van der Waals surface area contributed by atoms with Gasteiger partial charge in [0.1, 0.15) is 17.3 Å². The maximum absolute atomic E-state index is 13.5. The molecule has 4 nitrogen and oxygen atoms in total. The predicted molar refractivity (Wildman–Crippen MR) is 104 cm³/mol. The Labute approximate surface area is 161 Å². The molecule has 0 atom stereocenters. The third-order valence-electron chi connectivity index (χ3n) is 4.77. The number of methoxy groups -OCH3 is 2. The molecule has 6 heteroatoms. The standard InChI is InChI=1S/C21H20FNO3S/c1-25-17-6-7-18(26-2)14(10-17)12-23(16-4-5-16)21(24)20-11-13-9-15(22)3-8-19(13)27-20/h3,6-11,16H,4-5,12H2,1-2H3. The topological polar surface area (TPSA) is 38.8 Å². The Morgan fingerprint density at radius 2 is 1.96 bits per heavy atom. The van der Waals surface area contributed by atoms with Crippen LogP contribution in [0.3, 0.4) is 0 Å². The summed E-state index contributed by atoms with van der Waals surface area (Å²) < 4.78 is 25.2. The van der Waals surface area contributed by atoms with Crippen LogP contribution in [0.4, 0.5) is 4.39 Å². The Morgan fingerprint density at radius 3 is 2.67 bits per heavy atom. The van der Waals surface area contributed by atoms with Gasteiger partial charge in [0.2, 0.25) is 0 Å². The summed E-state index contributed by atoms with van der Waals surface area (Å²) in [5, 5.41) is 0.762. The SMILES string of the molecule is COc1ccc(OC)c(CN(C(=O)c2cc3cc(F)ccc3s2)C2CC2)c1. The molecule has 1 heterocycles. The molecule has 4 rings (SSSR count). The molecule has 27 heavy (non-hydrogen) atoms. The molecule has 0 unspecified atom stereocenters. The van der Waals surface area contributed by atoms with E-state index in [1.165, 1.54) is 23.5 Å². The van der Waals surface area contributed by atoms with Gasteiger partial charge in [-0.2, -0.15) is 0 Å². The van der Waals surface area contributed by atoms with Crippen molar-refractivity contribution in [3.8, 4) is 11.5 Å². The van der Waals surface area contributed by atoms with E-state index in [0.717, 1.165) is 40.0 Å². The molecule has 2 aromatic carbocycles. The van der Waals surface area contributed by atoms with E-state index >= 15 is 0 Å². The van der Waals surface area contributed by atoms with Crippen molar-refractivity contribution < 1.29 is 18.7 Å². The summed E-state index contributed by atoms with van der Waals surface area (Å²) in [7, 11) is 3.24. The van der Waals surface area contributed by atoms with Crippen molar-refractivity contribution in [3.05, 3.63) is 58.7 Å². The van der Waals surface area contributed by atoms with Gasteiger partial charge in [0.05, 0.1) is 25.6 Å². The summed E-state index contributed by atoms with van der Waals surface area (Å²) in [6.45, 7) is 0.451. The van der Waals surface area contributed by atoms with E-state index in [4.69, 9.17) is 9.47 Å². The van der Waals surface area contributed by atoms with Crippen molar-refractivity contribution in [1.29, 1.82) is 0 Å². The number of amides is 1. The lowest BCUT2D eigenvalue weighted by Gasteiger charge is -2.23. The normalized spacial score (nSPS) is 13.6. The molecule has 0 aliphatic heterocycles. The van der Waals surface area contributed by atoms with E-state index in [2.05, 4.69) is 0 Å². The second kappa shape index (κ2) is 7.19. The van der Waals surface area contributed by atoms with Crippen LogP contribution in [0.2, 0.25) is 0 Å². The summed E-state index contributed by atoms with van der Waals surface area (Å²) in [5.74, 6) is 1.14. The zero-order chi connectivity index (χ0) is 19.0. The van der Waals surface area contributed by atoms with Crippen LogP contribution in [0.25, 0.3) is 10.1 Å². The van der Waals surface area contributed by atoms with Gasteiger partial charge in [0.15, 0.2) is 0 Å². The van der Waals surface area contributed by atoms with Crippen molar-refractivity contribution in [2.45, 2.75) is 25.4 Å². The van der Waals surface area contributed by atoms with Crippen molar-refractivity contribution in [1.82, 2.24) is 4.90 Å². The average molecular weight is 385 g/mol. The summed E-state index contributed by atoms with van der Waals surface area (Å²) in [6.07, 6.45) is 2.00. The molecular formula is C21H20FNO3S. The van der Waals surface area contributed by atoms with Crippen LogP contribution >= 0.6 is 11.3 Å². The highest BCUT2D eigenvalue weighted by Gasteiger charge is 2.34. The Morgan fingerprint density at radius 1 is 1.15 bits per heavy atom. The lowest BCUT2D eigenvalue weighted by Crippen LogP contribution is -2.32. The zero-order valence-electron chi connectivity index (χ0n) is 15.2. The van der Waals surface area contributed by atoms with Gasteiger partial charge in [-0.25, -0.2) is 4.39 Å². The minimum absolute atomic E-state index is 0.0241. The number of hydrogen-bond donors (Lipinski definition) is 0. The van der Waals surface area contributed by atoms with Gasteiger partial charge in [-0.15, -0.1) is 11.3 Å². The fourth-order valence-corrected chi connectivity index (χ4v) is 4.20. The fourth-order valence-electron chi connectivity index (χ4n) is 3.20. The smallest absolute Gasteiger partial charge is 0.264 e. The Kier molecular flexibility index (Phi) is 4.74. The number of benzene rings is 2. The molecular weight excluding hydrogens is 365 g/mol. The van der Waals surface area contributed by atoms with E-state index in [1.807, 2.05) is 23.1 Å². The third kappa shape index (κ3) is 3.62. The highest BCUT2D eigenvalue weighted by Crippen LogP contribution is 2.35. The van der Waals surface area contributed by atoms with E-state index in [9.17, 15) is 9.18 Å². The van der Waals surface area contributed by atoms with E-state index < -0.39 is 0 Å². The van der Waals surface area contributed by atoms with Gasteiger partial charge >= 0.3 is 0 Å². The lowest BCUT2D eigenvalue weighted by molar-refractivity contribution is 0.0733. The van der Waals surface area contributed by atoms with Crippen LogP contribution in [0.15, 0.2) is 42.5 Å². The summed E-state index contributed by atoms with van der Waals surface area (Å²) in [4.78, 5) is 15.7. The number of ether oxygens (including phenoxy) is 2.